The number of carbonyl (C=O) groups excluding carboxylic acids is 1. The first-order valence-electron chi connectivity index (χ1n) is 8.36. The zero-order valence-corrected chi connectivity index (χ0v) is 14.7. The first-order chi connectivity index (χ1) is 12.2. The minimum atomic E-state index is -0.347. The van der Waals surface area contributed by atoms with Crippen LogP contribution in [0.2, 0.25) is 5.02 Å². The number of hydrogen-bond donors (Lipinski definition) is 1. The Bertz CT molecular complexity index is 701. The van der Waals surface area contributed by atoms with Crippen molar-refractivity contribution in [2.75, 3.05) is 39.4 Å². The van der Waals surface area contributed by atoms with Gasteiger partial charge in [0.1, 0.15) is 0 Å². The molecule has 0 bridgehead atoms. The fourth-order valence-corrected chi connectivity index (χ4v) is 2.83. The van der Waals surface area contributed by atoms with E-state index in [2.05, 4.69) is 20.4 Å². The van der Waals surface area contributed by atoms with Crippen molar-refractivity contribution < 1.29 is 13.9 Å². The smallest absolute Gasteiger partial charge is 0.308 e. The number of hydrogen-bond acceptors (Lipinski definition) is 6. The maximum absolute atomic E-state index is 12.1. The van der Waals surface area contributed by atoms with Gasteiger partial charge in [-0.05, 0) is 24.6 Å². The summed E-state index contributed by atoms with van der Waals surface area (Å²) < 4.78 is 10.7. The minimum absolute atomic E-state index is 0.0200. The summed E-state index contributed by atoms with van der Waals surface area (Å²) in [5.74, 6) is -0.000112. The van der Waals surface area contributed by atoms with Crippen molar-refractivity contribution >= 4 is 17.5 Å². The van der Waals surface area contributed by atoms with Crippen LogP contribution in [0.15, 0.2) is 28.7 Å². The third-order valence-corrected chi connectivity index (χ3v) is 4.37. The van der Waals surface area contributed by atoms with Gasteiger partial charge in [-0.3, -0.25) is 9.69 Å². The average molecular weight is 365 g/mol. The molecule has 2 aromatic rings. The van der Waals surface area contributed by atoms with Gasteiger partial charge in [0, 0.05) is 24.7 Å². The summed E-state index contributed by atoms with van der Waals surface area (Å²) in [4.78, 5) is 14.4. The minimum Gasteiger partial charge on any atom is -0.417 e. The van der Waals surface area contributed by atoms with Gasteiger partial charge in [-0.15, -0.1) is 10.2 Å². The topological polar surface area (TPSA) is 80.5 Å². The lowest BCUT2D eigenvalue weighted by Gasteiger charge is -2.26. The number of ether oxygens (including phenoxy) is 1. The Labute approximate surface area is 151 Å². The van der Waals surface area contributed by atoms with Crippen LogP contribution in [-0.4, -0.2) is 60.4 Å². The summed E-state index contributed by atoms with van der Waals surface area (Å²) in [5.41, 5.74) is 0.880. The summed E-state index contributed by atoms with van der Waals surface area (Å²) in [6, 6.07) is 7.43. The number of carbonyl (C=O) groups is 1. The first kappa shape index (κ1) is 17.8. The van der Waals surface area contributed by atoms with Crippen LogP contribution in [0.5, 0.6) is 0 Å². The third-order valence-electron chi connectivity index (χ3n) is 4.00. The van der Waals surface area contributed by atoms with Gasteiger partial charge < -0.3 is 14.5 Å². The molecule has 1 fully saturated rings. The molecule has 25 heavy (non-hydrogen) atoms. The number of rotatable bonds is 7. The van der Waals surface area contributed by atoms with Crippen LogP contribution in [-0.2, 0) is 11.2 Å². The molecule has 134 valence electrons. The zero-order valence-electron chi connectivity index (χ0n) is 13.9. The molecule has 2 heterocycles. The van der Waals surface area contributed by atoms with Crippen LogP contribution >= 0.6 is 11.6 Å². The van der Waals surface area contributed by atoms with E-state index in [4.69, 9.17) is 20.8 Å². The lowest BCUT2D eigenvalue weighted by Crippen LogP contribution is -2.38. The summed E-state index contributed by atoms with van der Waals surface area (Å²) in [5, 5.41) is 11.2. The van der Waals surface area contributed by atoms with Gasteiger partial charge >= 0.3 is 11.8 Å². The second kappa shape index (κ2) is 8.94. The standard InChI is InChI=1S/C17H21ClN4O3/c18-14-5-2-1-4-13(14)12-15-20-21-17(25-15)16(23)19-6-3-7-22-8-10-24-11-9-22/h1-2,4-5H,3,6-12H2,(H,19,23). The second-order valence-corrected chi connectivity index (χ2v) is 6.24. The second-order valence-electron chi connectivity index (χ2n) is 5.83. The molecule has 7 nitrogen and oxygen atoms in total. The van der Waals surface area contributed by atoms with E-state index in [1.165, 1.54) is 0 Å². The van der Waals surface area contributed by atoms with Crippen molar-refractivity contribution in [3.63, 3.8) is 0 Å². The molecule has 1 aromatic carbocycles. The summed E-state index contributed by atoms with van der Waals surface area (Å²) in [6.07, 6.45) is 1.27. The average Bonchev–Trinajstić information content (AvgIpc) is 3.10. The number of nitrogens with zero attached hydrogens (tertiary/aromatic N) is 3. The molecular weight excluding hydrogens is 344 g/mol. The molecule has 0 saturated carbocycles. The fourth-order valence-electron chi connectivity index (χ4n) is 2.63. The molecular formula is C17H21ClN4O3. The number of nitrogens with one attached hydrogen (secondary N) is 1. The molecule has 1 N–H and O–H groups in total. The maximum Gasteiger partial charge on any atom is 0.308 e. The normalized spacial score (nSPS) is 15.2. The quantitative estimate of drug-likeness (QED) is 0.754. The molecule has 1 amide bonds. The zero-order chi connectivity index (χ0) is 17.5. The molecule has 1 aliphatic rings. The van der Waals surface area contributed by atoms with E-state index in [0.29, 0.717) is 23.9 Å². The van der Waals surface area contributed by atoms with E-state index in [9.17, 15) is 4.79 Å². The number of amides is 1. The molecule has 0 atom stereocenters. The van der Waals surface area contributed by atoms with Crippen LogP contribution in [0.25, 0.3) is 0 Å². The van der Waals surface area contributed by atoms with Crippen molar-refractivity contribution in [1.82, 2.24) is 20.4 Å². The molecule has 0 aliphatic carbocycles. The van der Waals surface area contributed by atoms with Crippen molar-refractivity contribution in [3.8, 4) is 0 Å². The number of morpholine rings is 1. The molecule has 1 saturated heterocycles. The monoisotopic (exact) mass is 364 g/mol. The van der Waals surface area contributed by atoms with E-state index in [0.717, 1.165) is 44.8 Å². The van der Waals surface area contributed by atoms with Crippen molar-refractivity contribution in [1.29, 1.82) is 0 Å². The molecule has 8 heteroatoms. The van der Waals surface area contributed by atoms with Crippen LogP contribution in [0.3, 0.4) is 0 Å². The molecule has 0 radical (unpaired) electrons. The fraction of sp³-hybridized carbons (Fsp3) is 0.471. The molecule has 0 unspecified atom stereocenters. The van der Waals surface area contributed by atoms with Gasteiger partial charge in [-0.25, -0.2) is 0 Å². The van der Waals surface area contributed by atoms with Gasteiger partial charge in [0.25, 0.3) is 0 Å². The van der Waals surface area contributed by atoms with Gasteiger partial charge in [0.15, 0.2) is 0 Å². The molecule has 3 rings (SSSR count). The Hall–Kier alpha value is -1.96. The van der Waals surface area contributed by atoms with Crippen LogP contribution < -0.4 is 5.32 Å². The highest BCUT2D eigenvalue weighted by Gasteiger charge is 2.16. The van der Waals surface area contributed by atoms with Crippen molar-refractivity contribution in [2.45, 2.75) is 12.8 Å². The van der Waals surface area contributed by atoms with E-state index >= 15 is 0 Å². The highest BCUT2D eigenvalue weighted by atomic mass is 35.5. The summed E-state index contributed by atoms with van der Waals surface area (Å²) in [6.45, 7) is 4.96. The highest BCUT2D eigenvalue weighted by Crippen LogP contribution is 2.18. The van der Waals surface area contributed by atoms with Crippen molar-refractivity contribution in [2.24, 2.45) is 0 Å². The maximum atomic E-state index is 12.1. The Balaban J connectivity index is 1.43. The van der Waals surface area contributed by atoms with Crippen LogP contribution in [0.1, 0.15) is 28.6 Å². The van der Waals surface area contributed by atoms with Crippen molar-refractivity contribution in [3.05, 3.63) is 46.6 Å². The molecule has 0 spiro atoms. The van der Waals surface area contributed by atoms with Gasteiger partial charge in [-0.1, -0.05) is 29.8 Å². The summed E-state index contributed by atoms with van der Waals surface area (Å²) >= 11 is 6.11. The first-order valence-corrected chi connectivity index (χ1v) is 8.74. The van der Waals surface area contributed by atoms with E-state index in [1.54, 1.807) is 6.07 Å². The van der Waals surface area contributed by atoms with Gasteiger partial charge in [0.05, 0.1) is 19.6 Å². The van der Waals surface area contributed by atoms with E-state index in [1.807, 2.05) is 18.2 Å². The SMILES string of the molecule is O=C(NCCCN1CCOCC1)c1nnc(Cc2ccccc2Cl)o1. The number of aromatic nitrogens is 2. The Morgan fingerprint density at radius 3 is 2.84 bits per heavy atom. The third kappa shape index (κ3) is 5.26. The van der Waals surface area contributed by atoms with E-state index < -0.39 is 0 Å². The predicted octanol–water partition coefficient (Wildman–Crippen LogP) is 1.77. The van der Waals surface area contributed by atoms with E-state index in [-0.39, 0.29) is 11.8 Å². The Kier molecular flexibility index (Phi) is 6.38. The van der Waals surface area contributed by atoms with Gasteiger partial charge in [0.2, 0.25) is 5.89 Å². The largest absolute Gasteiger partial charge is 0.417 e. The van der Waals surface area contributed by atoms with Crippen LogP contribution in [0.4, 0.5) is 0 Å². The Morgan fingerprint density at radius 1 is 1.24 bits per heavy atom. The molecule has 1 aromatic heterocycles. The lowest BCUT2D eigenvalue weighted by atomic mass is 10.1. The van der Waals surface area contributed by atoms with Gasteiger partial charge in [-0.2, -0.15) is 0 Å². The van der Waals surface area contributed by atoms with Crippen LogP contribution in [0, 0.1) is 0 Å². The highest BCUT2D eigenvalue weighted by molar-refractivity contribution is 6.31. The predicted molar refractivity (Wildman–Crippen MR) is 92.8 cm³/mol. The lowest BCUT2D eigenvalue weighted by molar-refractivity contribution is 0.0374. The number of benzene rings is 1. The number of halogens is 1. The molecule has 1 aliphatic heterocycles. The summed E-state index contributed by atoms with van der Waals surface area (Å²) in [7, 11) is 0. The Morgan fingerprint density at radius 2 is 2.04 bits per heavy atom.